The van der Waals surface area contributed by atoms with Crippen molar-refractivity contribution in [2.24, 2.45) is 0 Å². The fourth-order valence-corrected chi connectivity index (χ4v) is 4.20. The Balaban J connectivity index is 0.000000196. The molecule has 0 radical (unpaired) electrons. The summed E-state index contributed by atoms with van der Waals surface area (Å²) in [7, 11) is 0. The van der Waals surface area contributed by atoms with Gasteiger partial charge in [-0.2, -0.15) is 0 Å². The average Bonchev–Trinajstić information content (AvgIpc) is 3.04. The van der Waals surface area contributed by atoms with E-state index in [0.29, 0.717) is 0 Å². The Bertz CT molecular complexity index is 1180. The van der Waals surface area contributed by atoms with E-state index >= 15 is 0 Å². The molecule has 174 valence electrons. The van der Waals surface area contributed by atoms with E-state index in [1.165, 1.54) is 81.8 Å². The summed E-state index contributed by atoms with van der Waals surface area (Å²) in [5.41, 5.74) is -5.62. The molecule has 4 N–H and O–H groups in total. The van der Waals surface area contributed by atoms with Gasteiger partial charge in [-0.25, -0.2) is 9.59 Å². The van der Waals surface area contributed by atoms with Crippen LogP contribution in [0, 0.1) is 0 Å². The Hall–Kier alpha value is -3.73. The zero-order valence-corrected chi connectivity index (χ0v) is 17.8. The minimum Gasteiger partial charge on any atom is -0.872 e. The van der Waals surface area contributed by atoms with Crippen molar-refractivity contribution in [1.29, 1.82) is 0 Å². The van der Waals surface area contributed by atoms with Gasteiger partial charge in [0.25, 0.3) is 17.4 Å². The lowest BCUT2D eigenvalue weighted by Crippen LogP contribution is -2.65. The lowest BCUT2D eigenvalue weighted by Gasteiger charge is -2.31. The quantitative estimate of drug-likeness (QED) is 0.251. The molecule has 0 saturated carbocycles. The highest BCUT2D eigenvalue weighted by molar-refractivity contribution is 6.22. The molecule has 0 spiro atoms. The highest BCUT2D eigenvalue weighted by Gasteiger charge is 2.53. The van der Waals surface area contributed by atoms with E-state index in [1.807, 2.05) is 0 Å². The number of fused-ring (bicyclic) bond motifs is 1. The van der Waals surface area contributed by atoms with Gasteiger partial charge in [0.1, 0.15) is 5.58 Å². The number of aliphatic hydroxyl groups is 1. The molecule has 0 unspecified atom stereocenters. The first-order chi connectivity index (χ1) is 15.8. The number of rotatable bonds is 1. The van der Waals surface area contributed by atoms with Crippen LogP contribution in [0.5, 0.6) is 5.75 Å². The molecule has 3 aliphatic heterocycles. The number of benzene rings is 1. The highest BCUT2D eigenvalue weighted by atomic mass is 16.4. The van der Waals surface area contributed by atoms with Crippen molar-refractivity contribution in [3.63, 3.8) is 0 Å². The monoisotopic (exact) mass is 456 g/mol. The summed E-state index contributed by atoms with van der Waals surface area (Å²) in [4.78, 5) is 46.6. The van der Waals surface area contributed by atoms with Gasteiger partial charge in [0.05, 0.1) is 25.2 Å². The van der Waals surface area contributed by atoms with Crippen LogP contribution in [0.2, 0.25) is 0 Å². The van der Waals surface area contributed by atoms with Gasteiger partial charge in [0, 0.05) is 18.2 Å². The van der Waals surface area contributed by atoms with Crippen LogP contribution in [-0.4, -0.2) is 53.0 Å². The maximum atomic E-state index is 12.4. The van der Waals surface area contributed by atoms with Crippen LogP contribution in [-0.2, 0) is 15.2 Å². The van der Waals surface area contributed by atoms with Crippen molar-refractivity contribution in [2.75, 3.05) is 19.6 Å². The minimum atomic E-state index is -3.14. The Morgan fingerprint density at radius 2 is 1.67 bits per heavy atom. The van der Waals surface area contributed by atoms with Crippen molar-refractivity contribution >= 4 is 34.7 Å². The van der Waals surface area contributed by atoms with E-state index in [2.05, 4.69) is 9.89 Å². The third-order valence-electron chi connectivity index (χ3n) is 5.90. The molecule has 1 fully saturated rings. The Labute approximate surface area is 188 Å². The molecule has 4 heterocycles. The molecule has 11 heteroatoms. The molecule has 4 amide bonds. The normalized spacial score (nSPS) is 20.0. The lowest BCUT2D eigenvalue weighted by atomic mass is 9.90. The number of hydrogen-bond acceptors (Lipinski definition) is 8. The van der Waals surface area contributed by atoms with Gasteiger partial charge in [-0.05, 0) is 25.3 Å². The second-order valence-corrected chi connectivity index (χ2v) is 8.06. The van der Waals surface area contributed by atoms with Crippen molar-refractivity contribution in [2.45, 2.75) is 37.7 Å². The molecule has 1 saturated heterocycles. The minimum absolute atomic E-state index is 0.0578. The Kier molecular flexibility index (Phi) is 6.14. The molecule has 33 heavy (non-hydrogen) atoms. The van der Waals surface area contributed by atoms with Crippen LogP contribution in [0.1, 0.15) is 37.7 Å². The molecule has 11 nitrogen and oxygen atoms in total. The predicted octanol–water partition coefficient (Wildman–Crippen LogP) is -0.615. The van der Waals surface area contributed by atoms with E-state index in [9.17, 15) is 29.4 Å². The number of hydrogen-bond donors (Lipinski definition) is 4. The van der Waals surface area contributed by atoms with E-state index in [0.717, 1.165) is 0 Å². The number of carbonyl (C=O) groups is 3. The van der Waals surface area contributed by atoms with Crippen LogP contribution in [0.15, 0.2) is 33.5 Å². The standard InChI is InChI=1S/C13H8N2O7.C9H16N2/c16-8-5-3-1-2-4-6(5)22-9(17)7(8)13(21)10(18)14-12(20)15-11(13)19;1-2-5-9-10-6-4-8-11(9)7-3-1/h1-4,16,21H,(H2,14,15,18,19,20);1-8H2. The van der Waals surface area contributed by atoms with Crippen LogP contribution < -0.4 is 26.7 Å². The molecule has 5 rings (SSSR count). The molecular formula is C22H24N4O7. The second kappa shape index (κ2) is 9.02. The zero-order valence-electron chi connectivity index (χ0n) is 17.8. The second-order valence-electron chi connectivity index (χ2n) is 8.06. The number of amides is 4. The smallest absolute Gasteiger partial charge is 0.342 e. The van der Waals surface area contributed by atoms with Crippen molar-refractivity contribution < 1.29 is 33.6 Å². The molecule has 0 atom stereocenters. The van der Waals surface area contributed by atoms with Gasteiger partial charge in [-0.1, -0.05) is 23.9 Å². The number of urea groups is 1. The molecule has 1 aromatic heterocycles. The molecular weight excluding hydrogens is 432 g/mol. The Morgan fingerprint density at radius 1 is 0.970 bits per heavy atom. The number of nitrogens with zero attached hydrogens (tertiary/aromatic N) is 1. The SMILES string of the molecule is C1CCC2=[N+](CC1)CCCN2.O=C1NC(=O)C(O)(c2c([O-])c3ccccc3oc2=O)C(=O)N1. The van der Waals surface area contributed by atoms with Crippen molar-refractivity contribution in [1.82, 2.24) is 16.0 Å². The van der Waals surface area contributed by atoms with Gasteiger partial charge >= 0.3 is 11.7 Å². The topological polar surface area (TPSA) is 164 Å². The summed E-state index contributed by atoms with van der Waals surface area (Å²) in [6, 6.07) is 4.46. The summed E-state index contributed by atoms with van der Waals surface area (Å²) >= 11 is 0. The zero-order chi connectivity index (χ0) is 23.6. The number of barbiturate groups is 1. The lowest BCUT2D eigenvalue weighted by molar-refractivity contribution is -0.534. The molecule has 3 aliphatic rings. The Morgan fingerprint density at radius 3 is 2.42 bits per heavy atom. The fourth-order valence-electron chi connectivity index (χ4n) is 4.20. The third-order valence-corrected chi connectivity index (χ3v) is 5.90. The highest BCUT2D eigenvalue weighted by Crippen LogP contribution is 2.32. The molecule has 1 aromatic carbocycles. The largest absolute Gasteiger partial charge is 0.872 e. The van der Waals surface area contributed by atoms with Gasteiger partial charge in [0.15, 0.2) is 0 Å². The van der Waals surface area contributed by atoms with Gasteiger partial charge in [-0.3, -0.25) is 30.1 Å². The van der Waals surface area contributed by atoms with E-state index in [4.69, 9.17) is 4.42 Å². The van der Waals surface area contributed by atoms with Gasteiger partial charge in [0.2, 0.25) is 5.84 Å². The number of nitrogens with one attached hydrogen (secondary N) is 3. The van der Waals surface area contributed by atoms with Crippen LogP contribution in [0.25, 0.3) is 11.0 Å². The van der Waals surface area contributed by atoms with Gasteiger partial charge in [-0.15, -0.1) is 0 Å². The molecule has 2 aromatic rings. The van der Waals surface area contributed by atoms with E-state index in [-0.39, 0.29) is 11.0 Å². The van der Waals surface area contributed by atoms with Crippen LogP contribution in [0.4, 0.5) is 4.79 Å². The predicted molar refractivity (Wildman–Crippen MR) is 114 cm³/mol. The summed E-state index contributed by atoms with van der Waals surface area (Å²) in [5.74, 6) is -2.51. The number of carbonyl (C=O) groups excluding carboxylic acids is 3. The maximum Gasteiger partial charge on any atom is 0.342 e. The third kappa shape index (κ3) is 4.19. The van der Waals surface area contributed by atoms with Gasteiger partial charge < -0.3 is 14.6 Å². The number of amidine groups is 1. The van der Waals surface area contributed by atoms with Crippen LogP contribution >= 0.6 is 0 Å². The summed E-state index contributed by atoms with van der Waals surface area (Å²) < 4.78 is 7.39. The van der Waals surface area contributed by atoms with Crippen molar-refractivity contribution in [3.05, 3.63) is 40.2 Å². The fraction of sp³-hybridized carbons (Fsp3) is 0.409. The maximum absolute atomic E-state index is 12.4. The first-order valence-electron chi connectivity index (χ1n) is 10.8. The number of para-hydroxylation sites is 1. The molecule has 0 bridgehead atoms. The first kappa shape index (κ1) is 22.5. The summed E-state index contributed by atoms with van der Waals surface area (Å²) in [5, 5.41) is 29.3. The van der Waals surface area contributed by atoms with E-state index in [1.54, 1.807) is 10.6 Å². The molecule has 0 aliphatic carbocycles. The summed E-state index contributed by atoms with van der Waals surface area (Å²) in [6.45, 7) is 3.79. The van der Waals surface area contributed by atoms with E-state index < -0.39 is 40.4 Å². The average molecular weight is 456 g/mol. The van der Waals surface area contributed by atoms with Crippen molar-refractivity contribution in [3.8, 4) is 5.75 Å². The number of imide groups is 2. The first-order valence-corrected chi connectivity index (χ1v) is 10.8. The summed E-state index contributed by atoms with van der Waals surface area (Å²) in [6.07, 6.45) is 6.81. The van der Waals surface area contributed by atoms with Crippen LogP contribution in [0.3, 0.4) is 0 Å².